The van der Waals surface area contributed by atoms with Crippen molar-refractivity contribution in [1.29, 1.82) is 0 Å². The van der Waals surface area contributed by atoms with E-state index >= 15 is 0 Å². The number of benzene rings is 1. The van der Waals surface area contributed by atoms with Gasteiger partial charge in [0.25, 0.3) is 0 Å². The van der Waals surface area contributed by atoms with E-state index in [1.807, 2.05) is 22.9 Å². The first-order valence-corrected chi connectivity index (χ1v) is 9.25. The van der Waals surface area contributed by atoms with Crippen molar-refractivity contribution in [2.45, 2.75) is 57.0 Å². The molecule has 1 aromatic carbocycles. The fourth-order valence-corrected chi connectivity index (χ4v) is 3.71. The van der Waals surface area contributed by atoms with Crippen LogP contribution in [-0.4, -0.2) is 60.4 Å². The molecule has 8 heteroatoms. The van der Waals surface area contributed by atoms with Crippen molar-refractivity contribution in [2.75, 3.05) is 13.6 Å². The molecule has 0 spiro atoms. The van der Waals surface area contributed by atoms with E-state index in [9.17, 15) is 13.6 Å². The van der Waals surface area contributed by atoms with Crippen LogP contribution >= 0.6 is 0 Å². The summed E-state index contributed by atoms with van der Waals surface area (Å²) in [5, 5.41) is 0. The highest BCUT2D eigenvalue weighted by Gasteiger charge is 2.33. The number of carbonyl (C=O) groups is 1. The minimum absolute atomic E-state index is 0.0312. The predicted octanol–water partition coefficient (Wildman–Crippen LogP) is 2.23. The van der Waals surface area contributed by atoms with E-state index in [1.54, 1.807) is 18.5 Å². The molecule has 1 aromatic rings. The van der Waals surface area contributed by atoms with E-state index < -0.39 is 12.7 Å². The summed E-state index contributed by atoms with van der Waals surface area (Å²) in [5.41, 5.74) is 6.77. The normalized spacial score (nSPS) is 25.1. The Balaban J connectivity index is 1.77. The summed E-state index contributed by atoms with van der Waals surface area (Å²) in [7, 11) is 1.88. The topological polar surface area (TPSA) is 71.2 Å². The maximum absolute atomic E-state index is 13.1. The van der Waals surface area contributed by atoms with Crippen molar-refractivity contribution in [3.05, 3.63) is 29.8 Å². The van der Waals surface area contributed by atoms with Crippen molar-refractivity contribution >= 4 is 12.2 Å². The fraction of sp³-hybridized carbons (Fsp3) is 0.579. The number of likely N-dealkylation sites (N-methyl/N-ethyl adjacent to an activating group) is 1. The molecular formula is C19H26F2N4O2. The average molecular weight is 380 g/mol. The summed E-state index contributed by atoms with van der Waals surface area (Å²) in [5.74, 6) is 0.0652. The second-order valence-electron chi connectivity index (χ2n) is 7.28. The van der Waals surface area contributed by atoms with Crippen molar-refractivity contribution < 1.29 is 18.3 Å². The van der Waals surface area contributed by atoms with Crippen LogP contribution < -0.4 is 10.5 Å². The number of rotatable bonds is 6. The Morgan fingerprint density at radius 2 is 2.11 bits per heavy atom. The molecule has 0 radical (unpaired) electrons. The summed E-state index contributed by atoms with van der Waals surface area (Å²) in [6, 6.07) is 6.36. The first-order chi connectivity index (χ1) is 12.9. The molecule has 148 valence electrons. The van der Waals surface area contributed by atoms with Crippen LogP contribution in [-0.2, 0) is 11.3 Å². The maximum Gasteiger partial charge on any atom is 0.387 e. The van der Waals surface area contributed by atoms with Crippen LogP contribution in [0, 0.1) is 0 Å². The molecule has 0 aromatic heterocycles. The van der Waals surface area contributed by atoms with Gasteiger partial charge in [0.05, 0.1) is 6.34 Å². The lowest BCUT2D eigenvalue weighted by Gasteiger charge is -2.37. The molecule has 1 fully saturated rings. The van der Waals surface area contributed by atoms with Crippen LogP contribution in [0.2, 0.25) is 0 Å². The van der Waals surface area contributed by atoms with E-state index in [1.165, 1.54) is 6.07 Å². The van der Waals surface area contributed by atoms with Gasteiger partial charge in [-0.1, -0.05) is 12.1 Å². The number of ether oxygens (including phenoxy) is 1. The molecule has 6 nitrogen and oxygen atoms in total. The van der Waals surface area contributed by atoms with Crippen molar-refractivity contribution in [3.63, 3.8) is 0 Å². The third kappa shape index (κ3) is 5.15. The average Bonchev–Trinajstić information content (AvgIpc) is 3.06. The molecule has 0 saturated heterocycles. The molecule has 1 aliphatic carbocycles. The van der Waals surface area contributed by atoms with Crippen LogP contribution in [0.5, 0.6) is 5.75 Å². The highest BCUT2D eigenvalue weighted by Crippen LogP contribution is 2.26. The van der Waals surface area contributed by atoms with Gasteiger partial charge < -0.3 is 20.3 Å². The summed E-state index contributed by atoms with van der Waals surface area (Å²) in [6.45, 7) is -1.98. The zero-order valence-corrected chi connectivity index (χ0v) is 15.4. The zero-order chi connectivity index (χ0) is 19.4. The third-order valence-electron chi connectivity index (χ3n) is 5.13. The Hall–Kier alpha value is -2.22. The Kier molecular flexibility index (Phi) is 6.26. The van der Waals surface area contributed by atoms with Gasteiger partial charge in [0, 0.05) is 32.2 Å². The minimum atomic E-state index is -2.87. The number of hydrogen-bond acceptors (Lipinski definition) is 5. The maximum atomic E-state index is 13.1. The molecule has 3 rings (SSSR count). The van der Waals surface area contributed by atoms with Crippen molar-refractivity contribution in [3.8, 4) is 5.75 Å². The fourth-order valence-electron chi connectivity index (χ4n) is 3.71. The van der Waals surface area contributed by atoms with Crippen LogP contribution in [0.4, 0.5) is 8.78 Å². The number of aliphatic imine (C=N–C) groups is 1. The molecule has 2 N–H and O–H groups in total. The molecule has 1 unspecified atom stereocenters. The number of nitrogens with zero attached hydrogens (tertiary/aromatic N) is 3. The van der Waals surface area contributed by atoms with Gasteiger partial charge in [0.15, 0.2) is 0 Å². The van der Waals surface area contributed by atoms with Gasteiger partial charge >= 0.3 is 6.61 Å². The zero-order valence-electron chi connectivity index (χ0n) is 15.4. The molecule has 27 heavy (non-hydrogen) atoms. The number of hydrogen-bond donors (Lipinski definition) is 1. The predicted molar refractivity (Wildman–Crippen MR) is 98.8 cm³/mol. The molecule has 1 atom stereocenters. The molecule has 1 amide bonds. The smallest absolute Gasteiger partial charge is 0.387 e. The van der Waals surface area contributed by atoms with Gasteiger partial charge in [0.1, 0.15) is 11.8 Å². The first kappa shape index (κ1) is 19.5. The molecule has 1 aliphatic heterocycles. The number of alkyl halides is 2. The summed E-state index contributed by atoms with van der Waals surface area (Å²) >= 11 is 0. The second kappa shape index (κ2) is 8.65. The molecule has 2 aliphatic rings. The van der Waals surface area contributed by atoms with E-state index in [-0.39, 0.29) is 23.7 Å². The van der Waals surface area contributed by atoms with Crippen LogP contribution in [0.25, 0.3) is 0 Å². The Labute approximate surface area is 158 Å². The highest BCUT2D eigenvalue weighted by atomic mass is 19.3. The summed E-state index contributed by atoms with van der Waals surface area (Å²) < 4.78 is 29.5. The van der Waals surface area contributed by atoms with Gasteiger partial charge in [-0.05, 0) is 43.4 Å². The van der Waals surface area contributed by atoms with E-state index in [2.05, 4.69) is 9.73 Å². The van der Waals surface area contributed by atoms with Gasteiger partial charge in [-0.2, -0.15) is 8.78 Å². The highest BCUT2D eigenvalue weighted by molar-refractivity contribution is 5.85. The lowest BCUT2D eigenvalue weighted by atomic mass is 9.90. The molecular weight excluding hydrogens is 354 g/mol. The van der Waals surface area contributed by atoms with E-state index in [0.717, 1.165) is 31.2 Å². The Morgan fingerprint density at radius 3 is 2.74 bits per heavy atom. The Bertz CT molecular complexity index is 677. The number of amides is 1. The lowest BCUT2D eigenvalue weighted by Crippen LogP contribution is -2.48. The second-order valence-corrected chi connectivity index (χ2v) is 7.28. The minimum Gasteiger partial charge on any atom is -0.435 e. The number of carbonyl (C=O) groups excluding carboxylic acids is 1. The van der Waals surface area contributed by atoms with Gasteiger partial charge in [-0.25, -0.2) is 0 Å². The first-order valence-electron chi connectivity index (χ1n) is 9.25. The Morgan fingerprint density at radius 1 is 1.37 bits per heavy atom. The van der Waals surface area contributed by atoms with Gasteiger partial charge in [-0.15, -0.1) is 0 Å². The number of nitrogens with two attached hydrogens (primary N) is 1. The monoisotopic (exact) mass is 380 g/mol. The van der Waals surface area contributed by atoms with Crippen LogP contribution in [0.1, 0.15) is 31.2 Å². The lowest BCUT2D eigenvalue weighted by molar-refractivity contribution is -0.136. The van der Waals surface area contributed by atoms with Crippen LogP contribution in [0.3, 0.4) is 0 Å². The van der Waals surface area contributed by atoms with E-state index in [4.69, 9.17) is 5.73 Å². The largest absolute Gasteiger partial charge is 0.435 e. The van der Waals surface area contributed by atoms with Gasteiger partial charge in [-0.3, -0.25) is 9.79 Å². The quantitative estimate of drug-likeness (QED) is 0.822. The SMILES string of the molecule is CN1C=NC(C(=O)N(Cc2cccc(OC(F)F)c2)C2CCC(N)CC2)C1. The number of halogens is 2. The van der Waals surface area contributed by atoms with Crippen molar-refractivity contribution in [2.24, 2.45) is 10.7 Å². The van der Waals surface area contributed by atoms with Crippen LogP contribution in [0.15, 0.2) is 29.3 Å². The summed E-state index contributed by atoms with van der Waals surface area (Å²) in [4.78, 5) is 21.2. The summed E-state index contributed by atoms with van der Waals surface area (Å²) in [6.07, 6.45) is 5.10. The van der Waals surface area contributed by atoms with E-state index in [0.29, 0.717) is 13.1 Å². The third-order valence-corrected chi connectivity index (χ3v) is 5.13. The molecule has 0 bridgehead atoms. The van der Waals surface area contributed by atoms with Gasteiger partial charge in [0.2, 0.25) is 5.91 Å². The molecule has 1 heterocycles. The molecule has 1 saturated carbocycles. The van der Waals surface area contributed by atoms with Crippen molar-refractivity contribution in [1.82, 2.24) is 9.80 Å². The standard InChI is InChI=1S/C19H26F2N4O2/c1-24-11-17(23-12-24)18(26)25(15-7-5-14(22)6-8-15)10-13-3-2-4-16(9-13)27-19(20)21/h2-4,9,12,14-15,17,19H,5-8,10-11,22H2,1H3.